The second-order valence-electron chi connectivity index (χ2n) is 14.8. The molecular formula is C37H41ClF2N6O5. The van der Waals surface area contributed by atoms with Crippen molar-refractivity contribution in [2.24, 2.45) is 28.0 Å². The van der Waals surface area contributed by atoms with E-state index in [4.69, 9.17) is 27.1 Å². The van der Waals surface area contributed by atoms with E-state index in [2.05, 4.69) is 10.4 Å². The minimum absolute atomic E-state index is 0.0284. The highest BCUT2D eigenvalue weighted by atomic mass is 35.5. The minimum atomic E-state index is -2.78. The highest BCUT2D eigenvalue weighted by Gasteiger charge is 2.53. The topological polar surface area (TPSA) is 149 Å². The van der Waals surface area contributed by atoms with Crippen molar-refractivity contribution in [3.63, 3.8) is 0 Å². The Labute approximate surface area is 299 Å². The van der Waals surface area contributed by atoms with Gasteiger partial charge in [0.05, 0.1) is 29.4 Å². The number of guanidine groups is 1. The first kappa shape index (κ1) is 36.2. The summed E-state index contributed by atoms with van der Waals surface area (Å²) in [5.74, 6) is -1.35. The number of Topliss-reactive ketones (excluding diaryl/α,β-unsaturated/α-hetero) is 1. The number of nitrogens with two attached hydrogens (primary N) is 1. The summed E-state index contributed by atoms with van der Waals surface area (Å²) in [7, 11) is 0. The number of esters is 1. The van der Waals surface area contributed by atoms with E-state index in [-0.39, 0.29) is 60.2 Å². The lowest BCUT2D eigenvalue weighted by Crippen LogP contribution is -2.47. The van der Waals surface area contributed by atoms with Crippen LogP contribution >= 0.6 is 11.6 Å². The van der Waals surface area contributed by atoms with Gasteiger partial charge >= 0.3 is 12.5 Å². The lowest BCUT2D eigenvalue weighted by Gasteiger charge is -2.35. The zero-order chi connectivity index (χ0) is 36.7. The Morgan fingerprint density at radius 3 is 2.39 bits per heavy atom. The van der Waals surface area contributed by atoms with Crippen molar-refractivity contribution in [1.82, 2.24) is 20.0 Å². The van der Waals surface area contributed by atoms with Crippen molar-refractivity contribution in [2.45, 2.75) is 77.4 Å². The summed E-state index contributed by atoms with van der Waals surface area (Å²) in [6.45, 7) is 2.74. The van der Waals surface area contributed by atoms with Gasteiger partial charge in [0.1, 0.15) is 6.61 Å². The van der Waals surface area contributed by atoms with Crippen LogP contribution in [0.2, 0.25) is 5.02 Å². The molecule has 14 heteroatoms. The van der Waals surface area contributed by atoms with Gasteiger partial charge in [0, 0.05) is 24.1 Å². The number of nitrogens with zero attached hydrogens (tertiary/aromatic N) is 4. The summed E-state index contributed by atoms with van der Waals surface area (Å²) in [6.07, 6.45) is 6.60. The molecule has 51 heavy (non-hydrogen) atoms. The van der Waals surface area contributed by atoms with Crippen molar-refractivity contribution in [2.75, 3.05) is 13.2 Å². The highest BCUT2D eigenvalue weighted by Crippen LogP contribution is 2.45. The van der Waals surface area contributed by atoms with E-state index in [0.717, 1.165) is 25.7 Å². The van der Waals surface area contributed by atoms with Crippen molar-refractivity contribution in [3.05, 3.63) is 76.6 Å². The summed E-state index contributed by atoms with van der Waals surface area (Å²) in [4.78, 5) is 59.3. The van der Waals surface area contributed by atoms with Gasteiger partial charge < -0.3 is 15.8 Å². The first-order chi connectivity index (χ1) is 24.1. The number of hydrogen-bond donors (Lipinski definition) is 2. The molecule has 0 unspecified atom stereocenters. The van der Waals surface area contributed by atoms with Gasteiger partial charge in [-0.3, -0.25) is 24.1 Å². The number of hydrogen-bond acceptors (Lipinski definition) is 8. The largest absolute Gasteiger partial charge is 0.463 e. The quantitative estimate of drug-likeness (QED) is 0.189. The molecule has 0 radical (unpaired) electrons. The third-order valence-electron chi connectivity index (χ3n) is 9.35. The molecule has 2 aliphatic carbocycles. The number of aromatic nitrogens is 2. The van der Waals surface area contributed by atoms with Gasteiger partial charge in [-0.15, -0.1) is 0 Å². The maximum Gasteiger partial charge on any atom is 0.333 e. The van der Waals surface area contributed by atoms with E-state index >= 15 is 0 Å². The van der Waals surface area contributed by atoms with Crippen LogP contribution in [-0.4, -0.2) is 57.4 Å². The predicted molar refractivity (Wildman–Crippen MR) is 186 cm³/mol. The lowest BCUT2D eigenvalue weighted by molar-refractivity contribution is -0.148. The molecule has 2 heterocycles. The molecule has 0 spiro atoms. The fraction of sp³-hybridized carbons (Fsp3) is 0.459. The van der Waals surface area contributed by atoms with Crippen LogP contribution in [0.5, 0.6) is 0 Å². The molecule has 1 aliphatic heterocycles. The van der Waals surface area contributed by atoms with Gasteiger partial charge in [-0.1, -0.05) is 62.7 Å². The zero-order valence-electron chi connectivity index (χ0n) is 28.7. The fourth-order valence-corrected chi connectivity index (χ4v) is 6.65. The fourth-order valence-electron chi connectivity index (χ4n) is 6.45. The van der Waals surface area contributed by atoms with Crippen molar-refractivity contribution in [1.29, 1.82) is 0 Å². The van der Waals surface area contributed by atoms with Crippen LogP contribution in [0.1, 0.15) is 93.4 Å². The first-order valence-electron chi connectivity index (χ1n) is 17.0. The van der Waals surface area contributed by atoms with Gasteiger partial charge in [0.15, 0.2) is 17.3 Å². The lowest BCUT2D eigenvalue weighted by atomic mass is 9.75. The number of ether oxygens (including phenoxy) is 1. The van der Waals surface area contributed by atoms with Crippen LogP contribution < -0.4 is 11.1 Å². The second-order valence-corrected chi connectivity index (χ2v) is 15.2. The molecule has 3 aromatic rings. The molecule has 2 atom stereocenters. The van der Waals surface area contributed by atoms with Crippen LogP contribution in [0.25, 0.3) is 11.1 Å². The van der Waals surface area contributed by atoms with Crippen LogP contribution in [0.15, 0.2) is 59.9 Å². The zero-order valence-corrected chi connectivity index (χ0v) is 29.5. The molecule has 1 aromatic heterocycles. The van der Waals surface area contributed by atoms with Crippen molar-refractivity contribution in [3.8, 4) is 11.1 Å². The van der Waals surface area contributed by atoms with Crippen LogP contribution in [0.3, 0.4) is 0 Å². The molecule has 3 N–H and O–H groups in total. The van der Waals surface area contributed by atoms with E-state index in [0.29, 0.717) is 26.9 Å². The molecular weight excluding hydrogens is 682 g/mol. The van der Waals surface area contributed by atoms with Gasteiger partial charge in [0.25, 0.3) is 11.8 Å². The minimum Gasteiger partial charge on any atom is -0.463 e. The Balaban J connectivity index is 1.34. The Morgan fingerprint density at radius 2 is 1.78 bits per heavy atom. The molecule has 0 saturated heterocycles. The summed E-state index contributed by atoms with van der Waals surface area (Å²) in [5, 5.41) is 6.50. The van der Waals surface area contributed by atoms with E-state index in [1.54, 1.807) is 30.3 Å². The van der Waals surface area contributed by atoms with Crippen LogP contribution in [0.4, 0.5) is 8.78 Å². The summed E-state index contributed by atoms with van der Waals surface area (Å²) in [6, 6.07) is 10.5. The molecule has 6 rings (SSSR count). The SMILES string of the molecule is CC(C)(C)C[C@]1(c2ccc(-c3cnn(C(F)F)c3)cc2)N=C(N)N([C@H](COC(=O)CC2CC2)c2ccc(Cl)c(C(=O)NCC(=O)C3CC3)c2)C1=O. The summed E-state index contributed by atoms with van der Waals surface area (Å²) < 4.78 is 32.6. The Kier molecular flexibility index (Phi) is 10.0. The van der Waals surface area contributed by atoms with E-state index in [9.17, 15) is 28.0 Å². The van der Waals surface area contributed by atoms with Gasteiger partial charge in [-0.2, -0.15) is 13.9 Å². The van der Waals surface area contributed by atoms with Gasteiger partial charge in [-0.25, -0.2) is 9.67 Å². The monoisotopic (exact) mass is 722 g/mol. The smallest absolute Gasteiger partial charge is 0.333 e. The number of carbonyl (C=O) groups is 4. The number of carbonyl (C=O) groups excluding carboxylic acids is 4. The third-order valence-corrected chi connectivity index (χ3v) is 9.68. The molecule has 2 aromatic carbocycles. The average Bonchev–Trinajstić information content (AvgIpc) is 4.01. The molecule has 2 saturated carbocycles. The summed E-state index contributed by atoms with van der Waals surface area (Å²) >= 11 is 6.46. The maximum atomic E-state index is 14.9. The number of benzene rings is 2. The number of aliphatic imine (C=N–C) groups is 1. The number of alkyl halides is 2. The molecule has 270 valence electrons. The standard InChI is InChI=1S/C37H41ClF2N6O5/c1-36(2,3)20-37(26-11-8-22(9-12-26)25-16-43-45(18-25)34(39)40)33(50)46(35(41)44-37)29(19-51-31(48)14-21-4-5-21)24-10-13-28(38)27(15-24)32(49)42-17-30(47)23-6-7-23/h8-13,15-16,18,21,23,29,34H,4-7,14,17,19-20H2,1-3H3,(H2,41,44)(H,42,49)/t29-,37-/m1/s1. The third kappa shape index (κ3) is 8.14. The maximum absolute atomic E-state index is 14.9. The second kappa shape index (κ2) is 14.2. The first-order valence-corrected chi connectivity index (χ1v) is 17.4. The molecule has 3 aliphatic rings. The Bertz CT molecular complexity index is 1870. The number of amides is 2. The number of halogens is 3. The number of nitrogens with one attached hydrogen (secondary N) is 1. The number of ketones is 1. The molecule has 11 nitrogen and oxygen atoms in total. The van der Waals surface area contributed by atoms with E-state index < -0.39 is 41.3 Å². The van der Waals surface area contributed by atoms with Crippen molar-refractivity contribution >= 4 is 41.1 Å². The normalized spacial score (nSPS) is 19.6. The van der Waals surface area contributed by atoms with Gasteiger partial charge in [-0.05, 0) is 72.3 Å². The molecule has 2 amide bonds. The summed E-state index contributed by atoms with van der Waals surface area (Å²) in [5.41, 5.74) is 6.82. The highest BCUT2D eigenvalue weighted by molar-refractivity contribution is 6.33. The van der Waals surface area contributed by atoms with Crippen molar-refractivity contribution < 1.29 is 32.7 Å². The van der Waals surface area contributed by atoms with Gasteiger partial charge in [0.2, 0.25) is 0 Å². The van der Waals surface area contributed by atoms with Crippen LogP contribution in [0, 0.1) is 17.3 Å². The predicted octanol–water partition coefficient (Wildman–Crippen LogP) is 6.18. The Morgan fingerprint density at radius 1 is 1.08 bits per heavy atom. The molecule has 2 fully saturated rings. The Hall–Kier alpha value is -4.65. The van der Waals surface area contributed by atoms with Crippen LogP contribution in [-0.2, 0) is 24.7 Å². The number of rotatable bonds is 14. The molecule has 0 bridgehead atoms. The average molecular weight is 723 g/mol. The van der Waals surface area contributed by atoms with E-state index in [1.165, 1.54) is 29.4 Å². The van der Waals surface area contributed by atoms with E-state index in [1.807, 2.05) is 20.8 Å².